The summed E-state index contributed by atoms with van der Waals surface area (Å²) in [5, 5.41) is 17.9. The number of hydrogen-bond donors (Lipinski definition) is 1. The van der Waals surface area contributed by atoms with Gasteiger partial charge in [0.05, 0.1) is 11.0 Å². The minimum atomic E-state index is -3.96. The molecule has 25 heavy (non-hydrogen) atoms. The van der Waals surface area contributed by atoms with Crippen molar-refractivity contribution in [2.75, 3.05) is 0 Å². The number of nitriles is 1. The predicted molar refractivity (Wildman–Crippen MR) is 91.8 cm³/mol. The third-order valence-corrected chi connectivity index (χ3v) is 7.03. The normalized spacial score (nSPS) is 25.2. The molecule has 0 amide bonds. The first kappa shape index (κ1) is 17.2. The lowest BCUT2D eigenvalue weighted by molar-refractivity contribution is -0.141. The van der Waals surface area contributed by atoms with Gasteiger partial charge in [-0.1, -0.05) is 47.5 Å². The van der Waals surface area contributed by atoms with Crippen molar-refractivity contribution >= 4 is 15.8 Å². The zero-order chi connectivity index (χ0) is 18.4. The van der Waals surface area contributed by atoms with Crippen molar-refractivity contribution in [3.05, 3.63) is 65.2 Å². The first-order valence-electron chi connectivity index (χ1n) is 7.77. The van der Waals surface area contributed by atoms with Crippen LogP contribution in [-0.4, -0.2) is 24.7 Å². The Morgan fingerprint density at radius 1 is 1.04 bits per heavy atom. The van der Waals surface area contributed by atoms with Gasteiger partial charge in [0.2, 0.25) is 0 Å². The summed E-state index contributed by atoms with van der Waals surface area (Å²) in [7, 11) is -3.96. The minimum absolute atomic E-state index is 0.0404. The molecule has 0 radical (unpaired) electrons. The Kier molecular flexibility index (Phi) is 3.92. The van der Waals surface area contributed by atoms with E-state index in [4.69, 9.17) is 0 Å². The molecule has 0 unspecified atom stereocenters. The van der Waals surface area contributed by atoms with Gasteiger partial charge in [0, 0.05) is 5.92 Å². The maximum Gasteiger partial charge on any atom is 0.326 e. The number of sulfone groups is 1. The smallest absolute Gasteiger partial charge is 0.326 e. The third kappa shape index (κ3) is 2.52. The quantitative estimate of drug-likeness (QED) is 0.910. The summed E-state index contributed by atoms with van der Waals surface area (Å²) in [5.41, 5.74) is 0.462. The number of aryl methyl sites for hydroxylation is 2. The fraction of sp³-hybridized carbons (Fsp3) is 0.263. The molecule has 0 saturated heterocycles. The van der Waals surface area contributed by atoms with Crippen LogP contribution in [0.2, 0.25) is 0 Å². The van der Waals surface area contributed by atoms with Gasteiger partial charge in [-0.15, -0.1) is 0 Å². The highest BCUT2D eigenvalue weighted by atomic mass is 32.2. The maximum absolute atomic E-state index is 13.0. The van der Waals surface area contributed by atoms with E-state index in [0.717, 1.165) is 11.1 Å². The van der Waals surface area contributed by atoms with E-state index in [1.165, 1.54) is 12.1 Å². The van der Waals surface area contributed by atoms with Crippen molar-refractivity contribution in [3.63, 3.8) is 0 Å². The standard InChI is InChI=1S/C19H17NO4S/c1-12-3-7-14(8-4-12)16-17(19(16,11-20)18(21)22)25(23,24)15-9-5-13(2)6-10-15/h3-10,16-17H,1-2H3,(H,21,22)/t16-,17-,19-/m1/s1. The highest BCUT2D eigenvalue weighted by molar-refractivity contribution is 7.92. The topological polar surface area (TPSA) is 95.2 Å². The van der Waals surface area contributed by atoms with Gasteiger partial charge in [-0.2, -0.15) is 5.26 Å². The van der Waals surface area contributed by atoms with Gasteiger partial charge in [-0.25, -0.2) is 8.42 Å². The predicted octanol–water partition coefficient (Wildman–Crippen LogP) is 2.84. The Bertz CT molecular complexity index is 972. The largest absolute Gasteiger partial charge is 0.480 e. The molecule has 2 aromatic rings. The van der Waals surface area contributed by atoms with Gasteiger partial charge in [-0.3, -0.25) is 4.79 Å². The number of carboxylic acids is 1. The van der Waals surface area contributed by atoms with E-state index in [2.05, 4.69) is 0 Å². The fourth-order valence-electron chi connectivity index (χ4n) is 3.30. The number of carbonyl (C=O) groups is 1. The molecule has 3 rings (SSSR count). The molecule has 0 bridgehead atoms. The summed E-state index contributed by atoms with van der Waals surface area (Å²) in [6.07, 6.45) is 0. The van der Waals surface area contributed by atoms with Gasteiger partial charge in [0.25, 0.3) is 0 Å². The summed E-state index contributed by atoms with van der Waals surface area (Å²) in [4.78, 5) is 11.9. The van der Waals surface area contributed by atoms with Crippen molar-refractivity contribution in [2.24, 2.45) is 5.41 Å². The first-order valence-corrected chi connectivity index (χ1v) is 9.31. The van der Waals surface area contributed by atoms with Crippen molar-refractivity contribution in [1.82, 2.24) is 0 Å². The number of aliphatic carboxylic acids is 1. The average Bonchev–Trinajstić information content (AvgIpc) is 3.27. The number of carboxylic acid groups (broad SMARTS) is 1. The number of rotatable bonds is 4. The van der Waals surface area contributed by atoms with Crippen molar-refractivity contribution in [2.45, 2.75) is 29.9 Å². The highest BCUT2D eigenvalue weighted by Crippen LogP contribution is 2.63. The molecule has 1 fully saturated rings. The van der Waals surface area contributed by atoms with Crippen molar-refractivity contribution in [1.29, 1.82) is 5.26 Å². The lowest BCUT2D eigenvalue weighted by Crippen LogP contribution is -2.22. The third-order valence-electron chi connectivity index (χ3n) is 4.79. The molecule has 1 saturated carbocycles. The number of benzene rings is 2. The number of nitrogens with zero attached hydrogens (tertiary/aromatic N) is 1. The summed E-state index contributed by atoms with van der Waals surface area (Å²) < 4.78 is 26.0. The zero-order valence-corrected chi connectivity index (χ0v) is 14.6. The van der Waals surface area contributed by atoms with Crippen LogP contribution in [0.15, 0.2) is 53.4 Å². The second-order valence-electron chi connectivity index (χ2n) is 6.45. The maximum atomic E-state index is 13.0. The van der Waals surface area contributed by atoms with Crippen LogP contribution in [0.3, 0.4) is 0 Å². The van der Waals surface area contributed by atoms with Gasteiger partial charge in [-0.05, 0) is 31.5 Å². The molecule has 1 N–H and O–H groups in total. The SMILES string of the molecule is Cc1ccc([C@@H]2[C@@H](S(=O)(=O)c3ccc(C)cc3)[C@]2(C#N)C(=O)O)cc1. The molecule has 128 valence electrons. The van der Waals surface area contributed by atoms with Gasteiger partial charge < -0.3 is 5.11 Å². The van der Waals surface area contributed by atoms with Crippen LogP contribution < -0.4 is 0 Å². The van der Waals surface area contributed by atoms with E-state index in [0.29, 0.717) is 5.56 Å². The summed E-state index contributed by atoms with van der Waals surface area (Å²) in [5.74, 6) is -2.29. The van der Waals surface area contributed by atoms with Crippen molar-refractivity contribution in [3.8, 4) is 6.07 Å². The Hall–Kier alpha value is -2.65. The molecule has 0 spiro atoms. The molecule has 5 nitrogen and oxygen atoms in total. The minimum Gasteiger partial charge on any atom is -0.480 e. The molecule has 0 aromatic heterocycles. The molecule has 1 aliphatic carbocycles. The van der Waals surface area contributed by atoms with Crippen LogP contribution in [0.1, 0.15) is 22.6 Å². The van der Waals surface area contributed by atoms with Crippen LogP contribution in [0.25, 0.3) is 0 Å². The Morgan fingerprint density at radius 2 is 1.52 bits per heavy atom. The lowest BCUT2D eigenvalue weighted by Gasteiger charge is -2.05. The van der Waals surface area contributed by atoms with Crippen LogP contribution in [0.4, 0.5) is 0 Å². The zero-order valence-electron chi connectivity index (χ0n) is 13.8. The van der Waals surface area contributed by atoms with Gasteiger partial charge in [0.15, 0.2) is 15.3 Å². The average molecular weight is 355 g/mol. The molecular formula is C19H17NO4S. The van der Waals surface area contributed by atoms with Crippen LogP contribution >= 0.6 is 0 Å². The van der Waals surface area contributed by atoms with E-state index in [9.17, 15) is 23.6 Å². The molecule has 3 atom stereocenters. The Balaban J connectivity index is 2.12. The van der Waals surface area contributed by atoms with Gasteiger partial charge >= 0.3 is 5.97 Å². The van der Waals surface area contributed by atoms with Crippen LogP contribution in [0.5, 0.6) is 0 Å². The van der Waals surface area contributed by atoms with E-state index in [-0.39, 0.29) is 4.90 Å². The highest BCUT2D eigenvalue weighted by Gasteiger charge is 2.77. The molecule has 1 aliphatic rings. The molecule has 6 heteroatoms. The van der Waals surface area contributed by atoms with E-state index >= 15 is 0 Å². The second-order valence-corrected chi connectivity index (χ2v) is 8.52. The fourth-order valence-corrected chi connectivity index (χ4v) is 5.55. The summed E-state index contributed by atoms with van der Waals surface area (Å²) >= 11 is 0. The molecular weight excluding hydrogens is 338 g/mol. The molecule has 2 aromatic carbocycles. The monoisotopic (exact) mass is 355 g/mol. The summed E-state index contributed by atoms with van der Waals surface area (Å²) in [6.45, 7) is 3.71. The van der Waals surface area contributed by atoms with Gasteiger partial charge in [0.1, 0.15) is 5.25 Å². The van der Waals surface area contributed by atoms with E-state index in [1.54, 1.807) is 42.5 Å². The molecule has 0 heterocycles. The van der Waals surface area contributed by atoms with Crippen LogP contribution in [-0.2, 0) is 14.6 Å². The Labute approximate surface area is 146 Å². The lowest BCUT2D eigenvalue weighted by atomic mass is 10.00. The van der Waals surface area contributed by atoms with Crippen molar-refractivity contribution < 1.29 is 18.3 Å². The van der Waals surface area contributed by atoms with E-state index < -0.39 is 32.4 Å². The van der Waals surface area contributed by atoms with E-state index in [1.807, 2.05) is 13.8 Å². The second kappa shape index (κ2) is 5.71. The summed E-state index contributed by atoms with van der Waals surface area (Å²) in [6, 6.07) is 15.0. The van der Waals surface area contributed by atoms with Crippen LogP contribution in [0, 0.1) is 30.6 Å². The number of hydrogen-bond acceptors (Lipinski definition) is 4. The molecule has 0 aliphatic heterocycles. The Morgan fingerprint density at radius 3 is 1.96 bits per heavy atom. The first-order chi connectivity index (χ1) is 11.7.